The van der Waals surface area contributed by atoms with Gasteiger partial charge in [0.15, 0.2) is 0 Å². The van der Waals surface area contributed by atoms with Crippen LogP contribution in [0.15, 0.2) is 84.0 Å². The fourth-order valence-electron chi connectivity index (χ4n) is 9.14. The Morgan fingerprint density at radius 2 is 1.44 bits per heavy atom. The van der Waals surface area contributed by atoms with Crippen molar-refractivity contribution in [2.24, 2.45) is 10.9 Å². The van der Waals surface area contributed by atoms with Crippen LogP contribution >= 0.6 is 0 Å². The van der Waals surface area contributed by atoms with Crippen LogP contribution in [0, 0.1) is 18.1 Å². The van der Waals surface area contributed by atoms with E-state index in [2.05, 4.69) is 160 Å². The predicted octanol–water partition coefficient (Wildman–Crippen LogP) is 14.2. The average Bonchev–Trinajstić information content (AvgIpc) is 3.75. The molecule has 2 aromatic heterocycles. The van der Waals surface area contributed by atoms with Crippen molar-refractivity contribution < 1.29 is 30.5 Å². The van der Waals surface area contributed by atoms with Gasteiger partial charge >= 0.3 is 21.1 Å². The SMILES string of the molecule is CC(C)c1cccc(C(C)C)c1-c1cc(Oc2[c-]c3c(cc2)c2cc(C(C)(C)C)ccc2n3-c2cc(C(C)(C)C)ccn2)[c-]c(C2=N[C@](C)(C3CCCCC3)CO2)c1.[Pt+2]. The van der Waals surface area contributed by atoms with Crippen molar-refractivity contribution in [2.75, 3.05) is 6.61 Å². The van der Waals surface area contributed by atoms with Crippen molar-refractivity contribution >= 4 is 27.7 Å². The molecule has 6 heteroatoms. The van der Waals surface area contributed by atoms with Gasteiger partial charge in [-0.2, -0.15) is 6.07 Å². The molecule has 2 aliphatic rings. The standard InChI is InChI=1S/C53H61N3O2.Pt/c1-33(2)42-18-15-19-43(34(3)4)49(42)35-26-36(50-55-53(11,32-57-50)37-16-13-12-14-17-37)28-41(27-35)58-40-21-22-44-45-29-38(51(5,6)7)20-23-46(45)56(47(44)31-40)48-30-39(24-25-54-48)52(8,9)10;/h15,18-27,29-30,33-34,37H,12-14,16-17,32H2,1-11H3;/q-2;+2/t53-;/m0./s1. The van der Waals surface area contributed by atoms with E-state index in [9.17, 15) is 0 Å². The number of aliphatic imine (C=N–C) groups is 1. The smallest absolute Gasteiger partial charge is 0.518 e. The normalized spacial score (nSPS) is 17.7. The Hall–Kier alpha value is -4.21. The summed E-state index contributed by atoms with van der Waals surface area (Å²) in [4.78, 5) is 10.3. The molecule has 0 amide bonds. The summed E-state index contributed by atoms with van der Waals surface area (Å²) in [5, 5.41) is 2.28. The molecule has 0 N–H and O–H groups in total. The molecule has 1 saturated carbocycles. The second-order valence-electron chi connectivity index (χ2n) is 19.8. The van der Waals surface area contributed by atoms with Gasteiger partial charge in [0.05, 0.1) is 5.54 Å². The van der Waals surface area contributed by atoms with Crippen molar-refractivity contribution in [1.29, 1.82) is 0 Å². The van der Waals surface area contributed by atoms with Gasteiger partial charge in [0, 0.05) is 23.2 Å². The first kappa shape index (κ1) is 42.9. The molecular formula is C53H61N3O2Pt. The average molecular weight is 967 g/mol. The number of hydrogen-bond donors (Lipinski definition) is 0. The van der Waals surface area contributed by atoms with Gasteiger partial charge in [-0.1, -0.05) is 148 Å². The minimum absolute atomic E-state index is 0. The summed E-state index contributed by atoms with van der Waals surface area (Å²) < 4.78 is 15.7. The largest absolute Gasteiger partial charge is 2.00 e. The molecule has 1 atom stereocenters. The first-order valence-electron chi connectivity index (χ1n) is 21.6. The molecule has 1 aliphatic heterocycles. The van der Waals surface area contributed by atoms with E-state index in [1.807, 2.05) is 12.3 Å². The summed E-state index contributed by atoms with van der Waals surface area (Å²) in [6, 6.07) is 33.8. The Bertz CT molecular complexity index is 2500. The Kier molecular flexibility index (Phi) is 11.9. The third kappa shape index (κ3) is 8.43. The molecule has 59 heavy (non-hydrogen) atoms. The van der Waals surface area contributed by atoms with Crippen molar-refractivity contribution in [3.8, 4) is 28.4 Å². The van der Waals surface area contributed by atoms with E-state index < -0.39 is 0 Å². The zero-order valence-corrected chi connectivity index (χ0v) is 39.2. The molecule has 0 saturated heterocycles. The van der Waals surface area contributed by atoms with Gasteiger partial charge in [-0.15, -0.1) is 23.6 Å². The number of rotatable bonds is 8. The second kappa shape index (κ2) is 16.3. The maximum Gasteiger partial charge on any atom is 2.00 e. The van der Waals surface area contributed by atoms with E-state index in [0.29, 0.717) is 41.8 Å². The Morgan fingerprint density at radius 1 is 0.763 bits per heavy atom. The first-order chi connectivity index (χ1) is 27.5. The molecule has 1 aliphatic carbocycles. The van der Waals surface area contributed by atoms with Crippen LogP contribution in [0.1, 0.15) is 148 Å². The van der Waals surface area contributed by atoms with Crippen LogP contribution in [-0.4, -0.2) is 27.6 Å². The zero-order chi connectivity index (χ0) is 41.1. The maximum atomic E-state index is 6.91. The molecule has 0 spiro atoms. The van der Waals surface area contributed by atoms with Gasteiger partial charge < -0.3 is 14.0 Å². The molecule has 310 valence electrons. The molecule has 4 aromatic carbocycles. The maximum absolute atomic E-state index is 6.91. The number of fused-ring (bicyclic) bond motifs is 3. The summed E-state index contributed by atoms with van der Waals surface area (Å²) in [7, 11) is 0. The fraction of sp³-hybridized carbons (Fsp3) is 0.434. The number of ether oxygens (including phenoxy) is 2. The van der Waals surface area contributed by atoms with Gasteiger partial charge in [0.25, 0.3) is 0 Å². The quantitative estimate of drug-likeness (QED) is 0.143. The predicted molar refractivity (Wildman–Crippen MR) is 241 cm³/mol. The number of pyridine rings is 1. The van der Waals surface area contributed by atoms with Crippen LogP contribution < -0.4 is 4.74 Å². The molecular weight excluding hydrogens is 906 g/mol. The van der Waals surface area contributed by atoms with Crippen molar-refractivity contribution in [1.82, 2.24) is 9.55 Å². The van der Waals surface area contributed by atoms with Gasteiger partial charge in [-0.25, -0.2) is 4.98 Å². The van der Waals surface area contributed by atoms with E-state index in [1.54, 1.807) is 0 Å². The summed E-state index contributed by atoms with van der Waals surface area (Å²) in [6.07, 6.45) is 8.19. The van der Waals surface area contributed by atoms with E-state index in [4.69, 9.17) is 19.5 Å². The summed E-state index contributed by atoms with van der Waals surface area (Å²) in [5.74, 6) is 3.94. The number of nitrogens with zero attached hydrogens (tertiary/aromatic N) is 3. The van der Waals surface area contributed by atoms with Crippen LogP contribution in [0.25, 0.3) is 38.8 Å². The van der Waals surface area contributed by atoms with E-state index in [0.717, 1.165) is 33.4 Å². The van der Waals surface area contributed by atoms with Gasteiger partial charge in [0.2, 0.25) is 0 Å². The monoisotopic (exact) mass is 966 g/mol. The van der Waals surface area contributed by atoms with Crippen LogP contribution in [0.3, 0.4) is 0 Å². The first-order valence-corrected chi connectivity index (χ1v) is 21.6. The Morgan fingerprint density at radius 3 is 2.10 bits per heavy atom. The van der Waals surface area contributed by atoms with Crippen molar-refractivity contribution in [3.05, 3.63) is 119 Å². The topological polar surface area (TPSA) is 48.6 Å². The molecule has 0 unspecified atom stereocenters. The molecule has 0 radical (unpaired) electrons. The zero-order valence-electron chi connectivity index (χ0n) is 37.0. The van der Waals surface area contributed by atoms with Crippen molar-refractivity contribution in [2.45, 2.75) is 136 Å². The number of benzene rings is 4. The Balaban J connectivity index is 0.00000528. The van der Waals surface area contributed by atoms with Gasteiger partial charge in [-0.3, -0.25) is 4.99 Å². The van der Waals surface area contributed by atoms with Crippen LogP contribution in [0.5, 0.6) is 11.5 Å². The van der Waals surface area contributed by atoms with E-state index >= 15 is 0 Å². The van der Waals surface area contributed by atoms with Gasteiger partial charge in [-0.05, 0) is 99.8 Å². The summed E-state index contributed by atoms with van der Waals surface area (Å²) >= 11 is 0. The van der Waals surface area contributed by atoms with Crippen LogP contribution in [-0.2, 0) is 36.6 Å². The summed E-state index contributed by atoms with van der Waals surface area (Å²) in [6.45, 7) is 25.5. The molecule has 1 fully saturated rings. The van der Waals surface area contributed by atoms with Crippen molar-refractivity contribution in [3.63, 3.8) is 0 Å². The second-order valence-corrected chi connectivity index (χ2v) is 19.8. The number of aromatic nitrogens is 2. The van der Waals surface area contributed by atoms with E-state index in [1.165, 1.54) is 65.3 Å². The molecule has 6 aromatic rings. The van der Waals surface area contributed by atoms with E-state index in [-0.39, 0.29) is 37.4 Å². The molecule has 0 bridgehead atoms. The van der Waals surface area contributed by atoms with Gasteiger partial charge in [0.1, 0.15) is 18.3 Å². The Labute approximate surface area is 367 Å². The minimum Gasteiger partial charge on any atom is -0.518 e. The third-order valence-electron chi connectivity index (χ3n) is 12.7. The summed E-state index contributed by atoms with van der Waals surface area (Å²) in [5.41, 5.74) is 10.0. The molecule has 3 heterocycles. The van der Waals surface area contributed by atoms with Crippen LogP contribution in [0.2, 0.25) is 0 Å². The minimum atomic E-state index is -0.239. The fourth-order valence-corrected chi connectivity index (χ4v) is 9.14. The molecule has 5 nitrogen and oxygen atoms in total. The van der Waals surface area contributed by atoms with Crippen LogP contribution in [0.4, 0.5) is 0 Å². The number of hydrogen-bond acceptors (Lipinski definition) is 4. The molecule has 8 rings (SSSR count). The third-order valence-corrected chi connectivity index (χ3v) is 12.7.